The molecular weight excluding hydrogens is 250 g/mol. The van der Waals surface area contributed by atoms with Crippen molar-refractivity contribution in [3.8, 4) is 0 Å². The van der Waals surface area contributed by atoms with E-state index in [0.29, 0.717) is 0 Å². The Balaban J connectivity index is 2.30. The lowest BCUT2D eigenvalue weighted by atomic mass is 9.95. The maximum absolute atomic E-state index is 12.8. The first-order chi connectivity index (χ1) is 6.70. The van der Waals surface area contributed by atoms with Gasteiger partial charge in [0, 0.05) is 10.4 Å². The number of hydrogen-bond acceptors (Lipinski definition) is 0. The Bertz CT molecular complexity index is 319. The van der Waals surface area contributed by atoms with Crippen molar-refractivity contribution in [3.05, 3.63) is 34.3 Å². The second-order valence-corrected chi connectivity index (χ2v) is 4.57. The lowest BCUT2D eigenvalue weighted by molar-refractivity contribution is 0.104. The molecule has 0 bridgehead atoms. The van der Waals surface area contributed by atoms with Crippen molar-refractivity contribution in [1.82, 2.24) is 0 Å². The molecule has 0 spiro atoms. The van der Waals surface area contributed by atoms with Crippen molar-refractivity contribution in [2.75, 3.05) is 0 Å². The summed E-state index contributed by atoms with van der Waals surface area (Å²) < 4.78 is 26.5. The van der Waals surface area contributed by atoms with Crippen LogP contribution in [0, 0.1) is 5.92 Å². The summed E-state index contributed by atoms with van der Waals surface area (Å²) in [7, 11) is 0. The van der Waals surface area contributed by atoms with Crippen LogP contribution in [-0.2, 0) is 0 Å². The van der Waals surface area contributed by atoms with Gasteiger partial charge in [-0.25, -0.2) is 8.78 Å². The zero-order chi connectivity index (χ0) is 10.1. The van der Waals surface area contributed by atoms with Gasteiger partial charge in [0.1, 0.15) is 0 Å². The van der Waals surface area contributed by atoms with Gasteiger partial charge in [0.25, 0.3) is 0 Å². The number of alkyl halides is 2. The molecule has 1 aromatic rings. The van der Waals surface area contributed by atoms with Gasteiger partial charge in [-0.05, 0) is 30.4 Å². The topological polar surface area (TPSA) is 0 Å². The van der Waals surface area contributed by atoms with E-state index in [2.05, 4.69) is 15.9 Å². The van der Waals surface area contributed by atoms with Crippen molar-refractivity contribution in [3.63, 3.8) is 0 Å². The van der Waals surface area contributed by atoms with E-state index in [1.807, 2.05) is 18.2 Å². The second kappa shape index (κ2) is 3.97. The van der Waals surface area contributed by atoms with Crippen LogP contribution in [0.15, 0.2) is 28.7 Å². The summed E-state index contributed by atoms with van der Waals surface area (Å²) in [4.78, 5) is 0. The fourth-order valence-electron chi connectivity index (χ4n) is 1.80. The molecule has 1 fully saturated rings. The van der Waals surface area contributed by atoms with Crippen LogP contribution in [-0.4, -0.2) is 6.43 Å². The molecule has 0 aromatic heterocycles. The van der Waals surface area contributed by atoms with Crippen LogP contribution in [0.25, 0.3) is 0 Å². The van der Waals surface area contributed by atoms with Crippen molar-refractivity contribution in [2.45, 2.75) is 25.2 Å². The molecule has 1 unspecified atom stereocenters. The second-order valence-electron chi connectivity index (χ2n) is 3.72. The Kier molecular flexibility index (Phi) is 2.86. The van der Waals surface area contributed by atoms with E-state index in [1.165, 1.54) is 0 Å². The standard InChI is InChI=1S/C11H11BrF2/c12-9-4-2-1-3-8(9)10(11(13)14)7-5-6-7/h1-4,7,10-11H,5-6H2. The molecular formula is C11H11BrF2. The Labute approximate surface area is 90.4 Å². The lowest BCUT2D eigenvalue weighted by Crippen LogP contribution is -2.11. The van der Waals surface area contributed by atoms with E-state index in [9.17, 15) is 8.78 Å². The fourth-order valence-corrected chi connectivity index (χ4v) is 2.35. The Hall–Kier alpha value is -0.440. The summed E-state index contributed by atoms with van der Waals surface area (Å²) in [6.07, 6.45) is -0.367. The normalized spacial score (nSPS) is 18.6. The van der Waals surface area contributed by atoms with Gasteiger partial charge in [-0.2, -0.15) is 0 Å². The third-order valence-electron chi connectivity index (χ3n) is 2.67. The van der Waals surface area contributed by atoms with Crippen LogP contribution < -0.4 is 0 Å². The summed E-state index contributed by atoms with van der Waals surface area (Å²) in [5.74, 6) is -0.390. The van der Waals surface area contributed by atoms with Gasteiger partial charge in [-0.3, -0.25) is 0 Å². The molecule has 1 aromatic carbocycles. The third kappa shape index (κ3) is 1.97. The van der Waals surface area contributed by atoms with E-state index in [1.54, 1.807) is 6.07 Å². The largest absolute Gasteiger partial charge is 0.245 e. The maximum atomic E-state index is 12.8. The molecule has 14 heavy (non-hydrogen) atoms. The monoisotopic (exact) mass is 260 g/mol. The minimum Gasteiger partial charge on any atom is -0.210 e. The smallest absolute Gasteiger partial charge is 0.210 e. The highest BCUT2D eigenvalue weighted by Crippen LogP contribution is 2.47. The van der Waals surface area contributed by atoms with Crippen LogP contribution in [0.3, 0.4) is 0 Å². The minimum absolute atomic E-state index is 0.189. The number of halogens is 3. The summed E-state index contributed by atoms with van der Waals surface area (Å²) in [6.45, 7) is 0. The highest BCUT2D eigenvalue weighted by molar-refractivity contribution is 9.10. The van der Waals surface area contributed by atoms with Gasteiger partial charge in [0.2, 0.25) is 6.43 Å². The van der Waals surface area contributed by atoms with Gasteiger partial charge in [-0.1, -0.05) is 34.1 Å². The minimum atomic E-state index is -2.25. The summed E-state index contributed by atoms with van der Waals surface area (Å²) >= 11 is 3.33. The van der Waals surface area contributed by atoms with E-state index < -0.39 is 12.3 Å². The van der Waals surface area contributed by atoms with Gasteiger partial charge in [0.15, 0.2) is 0 Å². The van der Waals surface area contributed by atoms with E-state index in [4.69, 9.17) is 0 Å². The van der Waals surface area contributed by atoms with Crippen molar-refractivity contribution < 1.29 is 8.78 Å². The van der Waals surface area contributed by atoms with Crippen LogP contribution in [0.2, 0.25) is 0 Å². The molecule has 0 N–H and O–H groups in total. The van der Waals surface area contributed by atoms with Crippen LogP contribution in [0.1, 0.15) is 24.3 Å². The zero-order valence-corrected chi connectivity index (χ0v) is 9.18. The highest BCUT2D eigenvalue weighted by atomic mass is 79.9. The van der Waals surface area contributed by atoms with Gasteiger partial charge >= 0.3 is 0 Å². The first-order valence-electron chi connectivity index (χ1n) is 4.72. The average Bonchev–Trinajstić information content (AvgIpc) is 2.92. The molecule has 76 valence electrons. The first kappa shape index (κ1) is 10.1. The van der Waals surface area contributed by atoms with Gasteiger partial charge in [-0.15, -0.1) is 0 Å². The van der Waals surface area contributed by atoms with E-state index >= 15 is 0 Å². The van der Waals surface area contributed by atoms with Gasteiger partial charge in [0.05, 0.1) is 0 Å². The average molecular weight is 261 g/mol. The Morgan fingerprint density at radius 1 is 1.21 bits per heavy atom. The van der Waals surface area contributed by atoms with Crippen molar-refractivity contribution in [1.29, 1.82) is 0 Å². The highest BCUT2D eigenvalue weighted by Gasteiger charge is 2.38. The molecule has 1 atom stereocenters. The summed E-state index contributed by atoms with van der Waals surface area (Å²) in [6, 6.07) is 7.28. The lowest BCUT2D eigenvalue weighted by Gasteiger charge is -2.16. The molecule has 1 aliphatic rings. The van der Waals surface area contributed by atoms with Crippen LogP contribution in [0.4, 0.5) is 8.78 Å². The predicted octanol–water partition coefficient (Wildman–Crippen LogP) is 4.21. The molecule has 0 amide bonds. The maximum Gasteiger partial charge on any atom is 0.245 e. The molecule has 1 aliphatic carbocycles. The zero-order valence-electron chi connectivity index (χ0n) is 7.59. The molecule has 0 saturated heterocycles. The predicted molar refractivity (Wildman–Crippen MR) is 55.6 cm³/mol. The van der Waals surface area contributed by atoms with Crippen LogP contribution >= 0.6 is 15.9 Å². The fraction of sp³-hybridized carbons (Fsp3) is 0.455. The Morgan fingerprint density at radius 2 is 1.86 bits per heavy atom. The molecule has 0 radical (unpaired) electrons. The van der Waals surface area contributed by atoms with Crippen LogP contribution in [0.5, 0.6) is 0 Å². The number of hydrogen-bond donors (Lipinski definition) is 0. The van der Waals surface area contributed by atoms with E-state index in [0.717, 1.165) is 22.9 Å². The van der Waals surface area contributed by atoms with Crippen molar-refractivity contribution in [2.24, 2.45) is 5.92 Å². The Morgan fingerprint density at radius 3 is 2.36 bits per heavy atom. The third-order valence-corrected chi connectivity index (χ3v) is 3.39. The van der Waals surface area contributed by atoms with Gasteiger partial charge < -0.3 is 0 Å². The molecule has 3 heteroatoms. The quantitative estimate of drug-likeness (QED) is 0.764. The number of rotatable bonds is 3. The molecule has 2 rings (SSSR count). The molecule has 0 aliphatic heterocycles. The van der Waals surface area contributed by atoms with E-state index in [-0.39, 0.29) is 5.92 Å². The molecule has 0 nitrogen and oxygen atoms in total. The SMILES string of the molecule is FC(F)C(c1ccccc1Br)C1CC1. The summed E-state index contributed by atoms with van der Waals surface area (Å²) in [5, 5.41) is 0. The number of benzene rings is 1. The van der Waals surface area contributed by atoms with Crippen molar-refractivity contribution >= 4 is 15.9 Å². The summed E-state index contributed by atoms with van der Waals surface area (Å²) in [5.41, 5.74) is 0.755. The molecule has 0 heterocycles. The first-order valence-corrected chi connectivity index (χ1v) is 5.52. The molecule has 1 saturated carbocycles.